The van der Waals surface area contributed by atoms with Gasteiger partial charge >= 0.3 is 0 Å². The lowest BCUT2D eigenvalue weighted by atomic mass is 9.70. The zero-order chi connectivity index (χ0) is 14.5. The van der Waals surface area contributed by atoms with Crippen molar-refractivity contribution in [2.45, 2.75) is 39.5 Å². The Bertz CT molecular complexity index is 323. The molecule has 1 aliphatic carbocycles. The lowest BCUT2D eigenvalue weighted by Gasteiger charge is -2.40. The minimum absolute atomic E-state index is 0.0491. The number of nitrogens with one attached hydrogen (secondary N) is 1. The van der Waals surface area contributed by atoms with Gasteiger partial charge in [-0.05, 0) is 38.5 Å². The van der Waals surface area contributed by atoms with Crippen molar-refractivity contribution in [3.63, 3.8) is 0 Å². The second kappa shape index (κ2) is 6.89. The molecule has 1 rings (SSSR count). The van der Waals surface area contributed by atoms with Gasteiger partial charge in [0.15, 0.2) is 0 Å². The molecule has 0 aromatic rings. The number of rotatable bonds is 5. The fraction of sp³-hybridized carbons (Fsp3) is 0.857. The van der Waals surface area contributed by atoms with E-state index in [1.807, 2.05) is 6.92 Å². The van der Waals surface area contributed by atoms with E-state index < -0.39 is 5.41 Å². The Morgan fingerprint density at radius 3 is 2.37 bits per heavy atom. The van der Waals surface area contributed by atoms with Crippen LogP contribution in [0.4, 0.5) is 0 Å². The monoisotopic (exact) mass is 269 g/mol. The first kappa shape index (κ1) is 16.0. The molecule has 0 aliphatic heterocycles. The van der Waals surface area contributed by atoms with E-state index in [0.29, 0.717) is 19.0 Å². The lowest BCUT2D eigenvalue weighted by molar-refractivity contribution is -0.146. The summed E-state index contributed by atoms with van der Waals surface area (Å²) >= 11 is 0. The van der Waals surface area contributed by atoms with E-state index in [2.05, 4.69) is 12.2 Å². The topological polar surface area (TPSA) is 75.4 Å². The molecule has 5 heteroatoms. The van der Waals surface area contributed by atoms with Gasteiger partial charge in [0.1, 0.15) is 0 Å². The summed E-state index contributed by atoms with van der Waals surface area (Å²) in [6.07, 6.45) is 3.77. The Labute approximate surface area is 115 Å². The van der Waals surface area contributed by atoms with Gasteiger partial charge < -0.3 is 16.0 Å². The highest BCUT2D eigenvalue weighted by Crippen LogP contribution is 2.39. The van der Waals surface area contributed by atoms with Crippen molar-refractivity contribution in [1.82, 2.24) is 10.2 Å². The van der Waals surface area contributed by atoms with Crippen molar-refractivity contribution in [2.75, 3.05) is 26.7 Å². The van der Waals surface area contributed by atoms with Crippen molar-refractivity contribution >= 4 is 11.8 Å². The van der Waals surface area contributed by atoms with Gasteiger partial charge in [0, 0.05) is 20.1 Å². The molecular weight excluding hydrogens is 242 g/mol. The highest BCUT2D eigenvalue weighted by molar-refractivity contribution is 5.88. The van der Waals surface area contributed by atoms with Crippen LogP contribution in [-0.4, -0.2) is 43.4 Å². The second-order valence-corrected chi connectivity index (χ2v) is 5.66. The van der Waals surface area contributed by atoms with Gasteiger partial charge in [-0.3, -0.25) is 9.59 Å². The number of hydrogen-bond acceptors (Lipinski definition) is 3. The van der Waals surface area contributed by atoms with E-state index in [1.54, 1.807) is 11.9 Å². The van der Waals surface area contributed by atoms with Crippen LogP contribution in [0.15, 0.2) is 0 Å². The maximum atomic E-state index is 12.7. The van der Waals surface area contributed by atoms with Crippen LogP contribution in [0.3, 0.4) is 0 Å². The highest BCUT2D eigenvalue weighted by Gasteiger charge is 2.42. The molecule has 0 aromatic carbocycles. The van der Waals surface area contributed by atoms with Crippen LogP contribution >= 0.6 is 0 Å². The van der Waals surface area contributed by atoms with Gasteiger partial charge in [-0.25, -0.2) is 0 Å². The van der Waals surface area contributed by atoms with E-state index in [-0.39, 0.29) is 18.4 Å². The number of nitrogens with two attached hydrogens (primary N) is 1. The largest absolute Gasteiger partial charge is 0.358 e. The molecule has 0 saturated heterocycles. The molecule has 3 N–H and O–H groups in total. The van der Waals surface area contributed by atoms with E-state index in [1.165, 1.54) is 0 Å². The number of hydrogen-bond donors (Lipinski definition) is 2. The molecule has 0 aromatic heterocycles. The zero-order valence-electron chi connectivity index (χ0n) is 12.4. The summed E-state index contributed by atoms with van der Waals surface area (Å²) < 4.78 is 0. The Morgan fingerprint density at radius 2 is 1.95 bits per heavy atom. The van der Waals surface area contributed by atoms with E-state index in [4.69, 9.17) is 5.73 Å². The highest BCUT2D eigenvalue weighted by atomic mass is 16.2. The van der Waals surface area contributed by atoms with Crippen LogP contribution in [0.5, 0.6) is 0 Å². The zero-order valence-corrected chi connectivity index (χ0v) is 12.4. The number of nitrogens with zero attached hydrogens (tertiary/aromatic N) is 1. The van der Waals surface area contributed by atoms with Crippen LogP contribution in [0.25, 0.3) is 0 Å². The smallest absolute Gasteiger partial charge is 0.239 e. The van der Waals surface area contributed by atoms with E-state index in [0.717, 1.165) is 25.7 Å². The van der Waals surface area contributed by atoms with Gasteiger partial charge in [-0.1, -0.05) is 6.92 Å². The first-order valence-electron chi connectivity index (χ1n) is 7.19. The molecule has 2 amide bonds. The molecule has 5 nitrogen and oxygen atoms in total. The van der Waals surface area contributed by atoms with E-state index in [9.17, 15) is 9.59 Å². The van der Waals surface area contributed by atoms with Crippen LogP contribution in [0.2, 0.25) is 0 Å². The maximum absolute atomic E-state index is 12.7. The average molecular weight is 269 g/mol. The Hall–Kier alpha value is -1.10. The average Bonchev–Trinajstić information content (AvgIpc) is 2.45. The van der Waals surface area contributed by atoms with Gasteiger partial charge in [0.05, 0.1) is 12.0 Å². The summed E-state index contributed by atoms with van der Waals surface area (Å²) in [6, 6.07) is 0. The number of carbonyl (C=O) groups is 2. The summed E-state index contributed by atoms with van der Waals surface area (Å²) in [5.74, 6) is 0.584. The maximum Gasteiger partial charge on any atom is 0.239 e. The first-order chi connectivity index (χ1) is 8.99. The van der Waals surface area contributed by atoms with Gasteiger partial charge in [0.25, 0.3) is 0 Å². The van der Waals surface area contributed by atoms with Crippen LogP contribution < -0.4 is 11.1 Å². The van der Waals surface area contributed by atoms with Crippen molar-refractivity contribution in [3.8, 4) is 0 Å². The normalized spacial score (nSPS) is 26.8. The number of carbonyl (C=O) groups excluding carboxylic acids is 2. The first-order valence-corrected chi connectivity index (χ1v) is 7.19. The van der Waals surface area contributed by atoms with E-state index >= 15 is 0 Å². The van der Waals surface area contributed by atoms with Gasteiger partial charge in [0.2, 0.25) is 11.8 Å². The minimum atomic E-state index is -0.448. The van der Waals surface area contributed by atoms with Crippen molar-refractivity contribution < 1.29 is 9.59 Å². The molecule has 0 radical (unpaired) electrons. The quantitative estimate of drug-likeness (QED) is 0.773. The Kier molecular flexibility index (Phi) is 5.79. The molecular formula is C14H27N3O2. The third kappa shape index (κ3) is 3.69. The molecule has 0 unspecified atom stereocenters. The Balaban J connectivity index is 2.78. The van der Waals surface area contributed by atoms with Crippen molar-refractivity contribution in [2.24, 2.45) is 17.1 Å². The molecule has 0 spiro atoms. The summed E-state index contributed by atoms with van der Waals surface area (Å²) in [5.41, 5.74) is 5.44. The van der Waals surface area contributed by atoms with Crippen molar-refractivity contribution in [3.05, 3.63) is 0 Å². The summed E-state index contributed by atoms with van der Waals surface area (Å²) in [7, 11) is 1.58. The molecule has 0 bridgehead atoms. The minimum Gasteiger partial charge on any atom is -0.358 e. The predicted octanol–water partition coefficient (Wildman–Crippen LogP) is 0.736. The molecule has 1 fully saturated rings. The molecule has 0 heterocycles. The predicted molar refractivity (Wildman–Crippen MR) is 75.4 cm³/mol. The molecule has 110 valence electrons. The Morgan fingerprint density at radius 1 is 1.37 bits per heavy atom. The van der Waals surface area contributed by atoms with Gasteiger partial charge in [-0.15, -0.1) is 0 Å². The third-order valence-electron chi connectivity index (χ3n) is 4.36. The molecule has 1 saturated carbocycles. The third-order valence-corrected chi connectivity index (χ3v) is 4.36. The van der Waals surface area contributed by atoms with Crippen LogP contribution in [-0.2, 0) is 9.59 Å². The lowest BCUT2D eigenvalue weighted by Crippen LogP contribution is -2.51. The van der Waals surface area contributed by atoms with Crippen LogP contribution in [0, 0.1) is 11.3 Å². The second-order valence-electron chi connectivity index (χ2n) is 5.66. The van der Waals surface area contributed by atoms with Crippen molar-refractivity contribution in [1.29, 1.82) is 0 Å². The van der Waals surface area contributed by atoms with Crippen LogP contribution in [0.1, 0.15) is 39.5 Å². The number of likely N-dealkylation sites (N-methyl/N-ethyl adjacent to an activating group) is 2. The summed E-state index contributed by atoms with van der Waals surface area (Å²) in [4.78, 5) is 25.8. The summed E-state index contributed by atoms with van der Waals surface area (Å²) in [5, 5.41) is 2.56. The summed E-state index contributed by atoms with van der Waals surface area (Å²) in [6.45, 7) is 5.17. The number of amides is 2. The standard InChI is InChI=1S/C14H27N3O2/c1-4-17(9-12(18)16-3)13(19)14(10-15)7-5-11(2)6-8-14/h11H,4-10,15H2,1-3H3,(H,16,18). The molecule has 0 atom stereocenters. The molecule has 19 heavy (non-hydrogen) atoms. The fourth-order valence-corrected chi connectivity index (χ4v) is 2.74. The van der Waals surface area contributed by atoms with Gasteiger partial charge in [-0.2, -0.15) is 0 Å². The molecule has 1 aliphatic rings. The SMILES string of the molecule is CCN(CC(=O)NC)C(=O)C1(CN)CCC(C)CC1. The fourth-order valence-electron chi connectivity index (χ4n) is 2.74.